The highest BCUT2D eigenvalue weighted by Crippen LogP contribution is 2.27. The topological polar surface area (TPSA) is 46.3 Å². The minimum Gasteiger partial charge on any atom is -0.342 e. The minimum atomic E-state index is -0.382. The molecular weight excluding hydrogens is 248 g/mol. The van der Waals surface area contributed by atoms with E-state index in [1.165, 1.54) is 5.56 Å². The molecule has 2 N–H and O–H groups in total. The fourth-order valence-corrected chi connectivity index (χ4v) is 2.58. The normalized spacial score (nSPS) is 11.4. The maximum absolute atomic E-state index is 12.8. The van der Waals surface area contributed by atoms with Crippen molar-refractivity contribution < 1.29 is 4.79 Å². The van der Waals surface area contributed by atoms with Crippen LogP contribution in [-0.4, -0.2) is 30.4 Å². The van der Waals surface area contributed by atoms with E-state index in [-0.39, 0.29) is 11.3 Å². The number of amides is 1. The van der Waals surface area contributed by atoms with Gasteiger partial charge in [0, 0.05) is 19.6 Å². The molecule has 0 fully saturated rings. The van der Waals surface area contributed by atoms with Crippen LogP contribution in [0.15, 0.2) is 30.3 Å². The first-order chi connectivity index (χ1) is 9.63. The van der Waals surface area contributed by atoms with Crippen LogP contribution in [-0.2, 0) is 11.2 Å². The van der Waals surface area contributed by atoms with Gasteiger partial charge in [0.15, 0.2) is 0 Å². The van der Waals surface area contributed by atoms with Crippen molar-refractivity contribution in [2.45, 2.75) is 40.0 Å². The van der Waals surface area contributed by atoms with E-state index in [9.17, 15) is 4.79 Å². The number of hydrogen-bond acceptors (Lipinski definition) is 2. The average Bonchev–Trinajstić information content (AvgIpc) is 2.51. The summed E-state index contributed by atoms with van der Waals surface area (Å²) in [6.07, 6.45) is 2.51. The molecule has 3 heteroatoms. The third-order valence-electron chi connectivity index (χ3n) is 4.38. The van der Waals surface area contributed by atoms with Gasteiger partial charge in [0.05, 0.1) is 5.41 Å². The highest BCUT2D eigenvalue weighted by molar-refractivity contribution is 5.83. The molecule has 1 aromatic carbocycles. The summed E-state index contributed by atoms with van der Waals surface area (Å²) in [6, 6.07) is 10.3. The number of likely N-dealkylation sites (N-methyl/N-ethyl adjacent to an activating group) is 1. The first kappa shape index (κ1) is 16.7. The SMILES string of the molecule is CCN(CCc1ccccc1)C(=O)C(CC)(CC)CN. The van der Waals surface area contributed by atoms with Crippen molar-refractivity contribution in [1.82, 2.24) is 4.90 Å². The Kier molecular flexibility index (Phi) is 6.73. The van der Waals surface area contributed by atoms with Crippen molar-refractivity contribution in [3.63, 3.8) is 0 Å². The van der Waals surface area contributed by atoms with Gasteiger partial charge in [-0.1, -0.05) is 44.2 Å². The van der Waals surface area contributed by atoms with E-state index in [2.05, 4.69) is 26.0 Å². The maximum atomic E-state index is 12.8. The van der Waals surface area contributed by atoms with Gasteiger partial charge in [-0.25, -0.2) is 0 Å². The van der Waals surface area contributed by atoms with Crippen molar-refractivity contribution in [3.8, 4) is 0 Å². The first-order valence-corrected chi connectivity index (χ1v) is 7.66. The predicted octanol–water partition coefficient (Wildman–Crippen LogP) is 2.84. The standard InChI is InChI=1S/C17H28N2O/c1-4-17(5-2,14-18)16(20)19(6-3)13-12-15-10-8-7-9-11-15/h7-11H,4-6,12-14,18H2,1-3H3. The van der Waals surface area contributed by atoms with Gasteiger partial charge in [0.25, 0.3) is 0 Å². The van der Waals surface area contributed by atoms with E-state index in [0.29, 0.717) is 6.54 Å². The summed E-state index contributed by atoms with van der Waals surface area (Å²) in [4.78, 5) is 14.7. The monoisotopic (exact) mass is 276 g/mol. The van der Waals surface area contributed by atoms with E-state index in [0.717, 1.165) is 32.4 Å². The second-order valence-corrected chi connectivity index (χ2v) is 5.31. The summed E-state index contributed by atoms with van der Waals surface area (Å²) in [7, 11) is 0. The van der Waals surface area contributed by atoms with Crippen molar-refractivity contribution >= 4 is 5.91 Å². The molecule has 0 aliphatic heterocycles. The Morgan fingerprint density at radius 1 is 1.15 bits per heavy atom. The Morgan fingerprint density at radius 2 is 1.75 bits per heavy atom. The van der Waals surface area contributed by atoms with Gasteiger partial charge in [-0.2, -0.15) is 0 Å². The van der Waals surface area contributed by atoms with Crippen LogP contribution in [0.3, 0.4) is 0 Å². The van der Waals surface area contributed by atoms with Crippen molar-refractivity contribution in [1.29, 1.82) is 0 Å². The average molecular weight is 276 g/mol. The van der Waals surface area contributed by atoms with Crippen molar-refractivity contribution in [3.05, 3.63) is 35.9 Å². The molecule has 112 valence electrons. The number of benzene rings is 1. The molecular formula is C17H28N2O. The van der Waals surface area contributed by atoms with Crippen LogP contribution in [0.5, 0.6) is 0 Å². The summed E-state index contributed by atoms with van der Waals surface area (Å²) in [6.45, 7) is 8.09. The van der Waals surface area contributed by atoms with Gasteiger partial charge in [-0.3, -0.25) is 4.79 Å². The number of nitrogens with two attached hydrogens (primary N) is 1. The van der Waals surface area contributed by atoms with Crippen LogP contribution in [0, 0.1) is 5.41 Å². The molecule has 0 spiro atoms. The maximum Gasteiger partial charge on any atom is 0.230 e. The van der Waals surface area contributed by atoms with E-state index < -0.39 is 0 Å². The summed E-state index contributed by atoms with van der Waals surface area (Å²) in [5.41, 5.74) is 6.77. The number of carbonyl (C=O) groups is 1. The zero-order valence-electron chi connectivity index (χ0n) is 13.1. The minimum absolute atomic E-state index is 0.212. The lowest BCUT2D eigenvalue weighted by Gasteiger charge is -2.34. The van der Waals surface area contributed by atoms with E-state index in [4.69, 9.17) is 5.73 Å². The molecule has 0 radical (unpaired) electrons. The number of rotatable bonds is 8. The second-order valence-electron chi connectivity index (χ2n) is 5.31. The van der Waals surface area contributed by atoms with Crippen LogP contribution in [0.2, 0.25) is 0 Å². The van der Waals surface area contributed by atoms with Crippen LogP contribution in [0.25, 0.3) is 0 Å². The molecule has 0 aromatic heterocycles. The van der Waals surface area contributed by atoms with Crippen LogP contribution >= 0.6 is 0 Å². The molecule has 0 aliphatic rings. The fourth-order valence-electron chi connectivity index (χ4n) is 2.58. The summed E-state index contributed by atoms with van der Waals surface area (Å²) >= 11 is 0. The molecule has 0 saturated carbocycles. The van der Waals surface area contributed by atoms with Crippen LogP contribution in [0.1, 0.15) is 39.2 Å². The van der Waals surface area contributed by atoms with Gasteiger partial charge in [0.2, 0.25) is 5.91 Å². The molecule has 0 bridgehead atoms. The molecule has 0 heterocycles. The Bertz CT molecular complexity index is 390. The van der Waals surface area contributed by atoms with Gasteiger partial charge in [-0.05, 0) is 31.7 Å². The summed E-state index contributed by atoms with van der Waals surface area (Å²) in [5, 5.41) is 0. The molecule has 3 nitrogen and oxygen atoms in total. The first-order valence-electron chi connectivity index (χ1n) is 7.66. The van der Waals surface area contributed by atoms with E-state index >= 15 is 0 Å². The predicted molar refractivity (Wildman–Crippen MR) is 84.5 cm³/mol. The van der Waals surface area contributed by atoms with Gasteiger partial charge < -0.3 is 10.6 Å². The zero-order valence-corrected chi connectivity index (χ0v) is 13.1. The second kappa shape index (κ2) is 8.05. The number of carbonyl (C=O) groups excluding carboxylic acids is 1. The Hall–Kier alpha value is -1.35. The third kappa shape index (κ3) is 3.83. The lowest BCUT2D eigenvalue weighted by Crippen LogP contribution is -2.48. The Balaban J connectivity index is 2.72. The Morgan fingerprint density at radius 3 is 2.20 bits per heavy atom. The van der Waals surface area contributed by atoms with E-state index in [1.807, 2.05) is 30.0 Å². The lowest BCUT2D eigenvalue weighted by molar-refractivity contribution is -0.142. The third-order valence-corrected chi connectivity index (χ3v) is 4.38. The lowest BCUT2D eigenvalue weighted by atomic mass is 9.81. The Labute approximate surface area is 123 Å². The highest BCUT2D eigenvalue weighted by atomic mass is 16.2. The summed E-state index contributed by atoms with van der Waals surface area (Å²) < 4.78 is 0. The van der Waals surface area contributed by atoms with Crippen LogP contribution < -0.4 is 5.73 Å². The quantitative estimate of drug-likeness (QED) is 0.793. The van der Waals surface area contributed by atoms with E-state index in [1.54, 1.807) is 0 Å². The molecule has 0 atom stereocenters. The molecule has 1 amide bonds. The zero-order chi connectivity index (χ0) is 15.0. The smallest absolute Gasteiger partial charge is 0.230 e. The van der Waals surface area contributed by atoms with Gasteiger partial charge in [0.1, 0.15) is 0 Å². The highest BCUT2D eigenvalue weighted by Gasteiger charge is 2.36. The molecule has 0 saturated heterocycles. The molecule has 1 rings (SSSR count). The molecule has 0 unspecified atom stereocenters. The largest absolute Gasteiger partial charge is 0.342 e. The number of hydrogen-bond donors (Lipinski definition) is 1. The van der Waals surface area contributed by atoms with Crippen molar-refractivity contribution in [2.75, 3.05) is 19.6 Å². The molecule has 20 heavy (non-hydrogen) atoms. The van der Waals surface area contributed by atoms with Crippen molar-refractivity contribution in [2.24, 2.45) is 11.1 Å². The van der Waals surface area contributed by atoms with Gasteiger partial charge >= 0.3 is 0 Å². The molecule has 1 aromatic rings. The summed E-state index contributed by atoms with van der Waals surface area (Å²) in [5.74, 6) is 0.212. The van der Waals surface area contributed by atoms with Gasteiger partial charge in [-0.15, -0.1) is 0 Å². The fraction of sp³-hybridized carbons (Fsp3) is 0.588. The number of nitrogens with zero attached hydrogens (tertiary/aromatic N) is 1. The van der Waals surface area contributed by atoms with Crippen LogP contribution in [0.4, 0.5) is 0 Å². The molecule has 0 aliphatic carbocycles.